The van der Waals surface area contributed by atoms with Gasteiger partial charge in [-0.2, -0.15) is 0 Å². The highest BCUT2D eigenvalue weighted by Crippen LogP contribution is 2.23. The fourth-order valence-corrected chi connectivity index (χ4v) is 3.12. The van der Waals surface area contributed by atoms with Crippen LogP contribution in [0.2, 0.25) is 0 Å². The van der Waals surface area contributed by atoms with Crippen LogP contribution in [-0.4, -0.2) is 30.6 Å². The number of nitrogens with zero attached hydrogens (tertiary/aromatic N) is 1. The van der Waals surface area contributed by atoms with Crippen molar-refractivity contribution < 1.29 is 4.39 Å². The van der Waals surface area contributed by atoms with E-state index in [4.69, 9.17) is 0 Å². The van der Waals surface area contributed by atoms with Crippen molar-refractivity contribution in [3.05, 3.63) is 35.6 Å². The van der Waals surface area contributed by atoms with Crippen molar-refractivity contribution >= 4 is 0 Å². The summed E-state index contributed by atoms with van der Waals surface area (Å²) in [4.78, 5) is 2.38. The molecular formula is C17H27FN2. The van der Waals surface area contributed by atoms with Gasteiger partial charge in [0, 0.05) is 18.6 Å². The molecule has 3 heteroatoms. The van der Waals surface area contributed by atoms with Gasteiger partial charge in [-0.3, -0.25) is 4.90 Å². The van der Waals surface area contributed by atoms with Gasteiger partial charge in [0.15, 0.2) is 0 Å². The highest BCUT2D eigenvalue weighted by molar-refractivity contribution is 5.16. The predicted molar refractivity (Wildman–Crippen MR) is 82.2 cm³/mol. The smallest absolute Gasteiger partial charge is 0.123 e. The maximum Gasteiger partial charge on any atom is 0.123 e. The Morgan fingerprint density at radius 1 is 1.25 bits per heavy atom. The largest absolute Gasteiger partial charge is 0.314 e. The molecule has 112 valence electrons. The van der Waals surface area contributed by atoms with Gasteiger partial charge < -0.3 is 5.32 Å². The lowest BCUT2D eigenvalue weighted by Gasteiger charge is -2.35. The van der Waals surface area contributed by atoms with Crippen molar-refractivity contribution in [2.45, 2.75) is 57.7 Å². The molecule has 1 aromatic carbocycles. The Morgan fingerprint density at radius 2 is 2.00 bits per heavy atom. The maximum atomic E-state index is 13.2. The Morgan fingerprint density at radius 3 is 2.65 bits per heavy atom. The Labute approximate surface area is 122 Å². The molecule has 0 heterocycles. The summed E-state index contributed by atoms with van der Waals surface area (Å²) >= 11 is 0. The molecule has 1 aliphatic carbocycles. The molecule has 0 unspecified atom stereocenters. The second kappa shape index (κ2) is 7.75. The predicted octanol–water partition coefficient (Wildman–Crippen LogP) is 3.57. The van der Waals surface area contributed by atoms with E-state index < -0.39 is 0 Å². The highest BCUT2D eigenvalue weighted by atomic mass is 19.1. The van der Waals surface area contributed by atoms with E-state index in [0.29, 0.717) is 12.1 Å². The van der Waals surface area contributed by atoms with Crippen LogP contribution >= 0.6 is 0 Å². The third-order valence-electron chi connectivity index (χ3n) is 4.32. The van der Waals surface area contributed by atoms with Gasteiger partial charge in [-0.1, -0.05) is 19.1 Å². The molecular weight excluding hydrogens is 251 g/mol. The molecule has 0 radical (unpaired) electrons. The van der Waals surface area contributed by atoms with E-state index >= 15 is 0 Å². The van der Waals surface area contributed by atoms with Gasteiger partial charge in [0.25, 0.3) is 0 Å². The van der Waals surface area contributed by atoms with Crippen LogP contribution in [0.25, 0.3) is 0 Å². The molecule has 0 saturated heterocycles. The fraction of sp³-hybridized carbons (Fsp3) is 0.647. The molecule has 0 bridgehead atoms. The van der Waals surface area contributed by atoms with Crippen molar-refractivity contribution in [2.75, 3.05) is 13.6 Å². The summed E-state index contributed by atoms with van der Waals surface area (Å²) in [6.45, 7) is 4.19. The average molecular weight is 278 g/mol. The maximum absolute atomic E-state index is 13.2. The zero-order valence-corrected chi connectivity index (χ0v) is 12.7. The van der Waals surface area contributed by atoms with Crippen LogP contribution in [0.1, 0.15) is 44.6 Å². The normalized spacial score (nSPS) is 23.2. The van der Waals surface area contributed by atoms with Crippen molar-refractivity contribution in [3.8, 4) is 0 Å². The van der Waals surface area contributed by atoms with Crippen LogP contribution in [0.15, 0.2) is 24.3 Å². The standard InChI is InChI=1S/C17H27FN2/c1-3-11-19-16-7-9-17(10-8-16)20(2)13-14-5-4-6-15(18)12-14/h4-6,12,16-17,19H,3,7-11,13H2,1-2H3. The topological polar surface area (TPSA) is 15.3 Å². The van der Waals surface area contributed by atoms with E-state index in [1.807, 2.05) is 6.07 Å². The van der Waals surface area contributed by atoms with Crippen LogP contribution in [0.3, 0.4) is 0 Å². The van der Waals surface area contributed by atoms with E-state index in [9.17, 15) is 4.39 Å². The van der Waals surface area contributed by atoms with E-state index in [1.165, 1.54) is 38.2 Å². The Bertz CT molecular complexity index is 400. The van der Waals surface area contributed by atoms with Gasteiger partial charge >= 0.3 is 0 Å². The van der Waals surface area contributed by atoms with Gasteiger partial charge in [0.1, 0.15) is 5.82 Å². The summed E-state index contributed by atoms with van der Waals surface area (Å²) in [6, 6.07) is 8.30. The molecule has 2 rings (SSSR count). The molecule has 20 heavy (non-hydrogen) atoms. The van der Waals surface area contributed by atoms with Crippen molar-refractivity contribution in [2.24, 2.45) is 0 Å². The highest BCUT2D eigenvalue weighted by Gasteiger charge is 2.23. The van der Waals surface area contributed by atoms with Gasteiger partial charge in [0.2, 0.25) is 0 Å². The molecule has 0 atom stereocenters. The van der Waals surface area contributed by atoms with Crippen LogP contribution in [0.5, 0.6) is 0 Å². The second-order valence-corrected chi connectivity index (χ2v) is 6.00. The minimum absolute atomic E-state index is 0.136. The van der Waals surface area contributed by atoms with Gasteiger partial charge in [-0.25, -0.2) is 4.39 Å². The first-order valence-electron chi connectivity index (χ1n) is 7.87. The molecule has 0 aliphatic heterocycles. The molecule has 0 amide bonds. The molecule has 1 aliphatic rings. The number of hydrogen-bond donors (Lipinski definition) is 1. The lowest BCUT2D eigenvalue weighted by atomic mass is 9.90. The van der Waals surface area contributed by atoms with Crippen molar-refractivity contribution in [1.29, 1.82) is 0 Å². The summed E-state index contributed by atoms with van der Waals surface area (Å²) in [7, 11) is 2.16. The molecule has 1 fully saturated rings. The monoisotopic (exact) mass is 278 g/mol. The van der Waals surface area contributed by atoms with Gasteiger partial charge in [-0.05, 0) is 63.4 Å². The molecule has 1 N–H and O–H groups in total. The van der Waals surface area contributed by atoms with E-state index in [2.05, 4.69) is 24.2 Å². The van der Waals surface area contributed by atoms with Crippen LogP contribution in [0.4, 0.5) is 4.39 Å². The number of halogens is 1. The van der Waals surface area contributed by atoms with E-state index in [1.54, 1.807) is 12.1 Å². The van der Waals surface area contributed by atoms with Gasteiger partial charge in [0.05, 0.1) is 0 Å². The van der Waals surface area contributed by atoms with E-state index in [-0.39, 0.29) is 5.82 Å². The Kier molecular flexibility index (Phi) is 5.99. The summed E-state index contributed by atoms with van der Waals surface area (Å²) in [6.07, 6.45) is 6.22. The quantitative estimate of drug-likeness (QED) is 0.856. The number of benzene rings is 1. The first-order chi connectivity index (χ1) is 9.69. The Hall–Kier alpha value is -0.930. The summed E-state index contributed by atoms with van der Waals surface area (Å²) < 4.78 is 13.2. The van der Waals surface area contributed by atoms with Crippen LogP contribution in [-0.2, 0) is 6.54 Å². The minimum Gasteiger partial charge on any atom is -0.314 e. The summed E-state index contributed by atoms with van der Waals surface area (Å²) in [5.74, 6) is -0.136. The number of hydrogen-bond acceptors (Lipinski definition) is 2. The first kappa shape index (κ1) is 15.5. The second-order valence-electron chi connectivity index (χ2n) is 6.00. The Balaban J connectivity index is 1.78. The third-order valence-corrected chi connectivity index (χ3v) is 4.32. The van der Waals surface area contributed by atoms with Crippen LogP contribution in [0, 0.1) is 5.82 Å². The zero-order valence-electron chi connectivity index (χ0n) is 12.7. The summed E-state index contributed by atoms with van der Waals surface area (Å²) in [5.41, 5.74) is 1.07. The van der Waals surface area contributed by atoms with Gasteiger partial charge in [-0.15, -0.1) is 0 Å². The third kappa shape index (κ3) is 4.57. The molecule has 1 aromatic rings. The minimum atomic E-state index is -0.136. The zero-order chi connectivity index (χ0) is 14.4. The van der Waals surface area contributed by atoms with Crippen LogP contribution < -0.4 is 5.32 Å². The van der Waals surface area contributed by atoms with Crippen molar-refractivity contribution in [1.82, 2.24) is 10.2 Å². The molecule has 0 spiro atoms. The molecule has 2 nitrogen and oxygen atoms in total. The lowest BCUT2D eigenvalue weighted by Crippen LogP contribution is -2.40. The first-order valence-corrected chi connectivity index (χ1v) is 7.87. The molecule has 1 saturated carbocycles. The SMILES string of the molecule is CCCNC1CCC(N(C)Cc2cccc(F)c2)CC1. The summed E-state index contributed by atoms with van der Waals surface area (Å²) in [5, 5.41) is 3.62. The molecule has 0 aromatic heterocycles. The fourth-order valence-electron chi connectivity index (χ4n) is 3.12. The van der Waals surface area contributed by atoms with Crippen molar-refractivity contribution in [3.63, 3.8) is 0 Å². The van der Waals surface area contributed by atoms with E-state index in [0.717, 1.165) is 18.7 Å². The average Bonchev–Trinajstić information content (AvgIpc) is 2.45. The lowest BCUT2D eigenvalue weighted by molar-refractivity contribution is 0.168. The number of nitrogens with one attached hydrogen (secondary N) is 1. The number of rotatable bonds is 6.